The molecule has 2 aromatic rings. The van der Waals surface area contributed by atoms with Crippen molar-refractivity contribution in [2.24, 2.45) is 5.73 Å². The lowest BCUT2D eigenvalue weighted by Gasteiger charge is -2.11. The Labute approximate surface area is 93.5 Å². The van der Waals surface area contributed by atoms with Gasteiger partial charge in [-0.2, -0.15) is 0 Å². The van der Waals surface area contributed by atoms with Gasteiger partial charge in [0.05, 0.1) is 0 Å². The number of imidazole rings is 1. The maximum absolute atomic E-state index is 13.6. The number of benzene rings is 1. The molecule has 0 aliphatic rings. The minimum atomic E-state index is -0.369. The van der Waals surface area contributed by atoms with E-state index < -0.39 is 0 Å². The molecule has 16 heavy (non-hydrogen) atoms. The highest BCUT2D eigenvalue weighted by Gasteiger charge is 2.12. The summed E-state index contributed by atoms with van der Waals surface area (Å²) in [6.45, 7) is 1.85. The number of rotatable bonds is 3. The Morgan fingerprint density at radius 3 is 2.94 bits per heavy atom. The van der Waals surface area contributed by atoms with Crippen molar-refractivity contribution < 1.29 is 4.39 Å². The Bertz CT molecular complexity index is 465. The quantitative estimate of drug-likeness (QED) is 0.830. The Hall–Kier alpha value is -1.68. The molecule has 0 radical (unpaired) electrons. The van der Waals surface area contributed by atoms with Crippen LogP contribution in [-0.2, 0) is 6.42 Å². The minimum absolute atomic E-state index is 0.251. The summed E-state index contributed by atoms with van der Waals surface area (Å²) in [6, 6.07) is 4.72. The highest BCUT2D eigenvalue weighted by Crippen LogP contribution is 2.18. The fourth-order valence-corrected chi connectivity index (χ4v) is 1.66. The third-order valence-corrected chi connectivity index (χ3v) is 2.52. The second kappa shape index (κ2) is 4.45. The maximum Gasteiger partial charge on any atom is 0.128 e. The van der Waals surface area contributed by atoms with Crippen LogP contribution in [0.3, 0.4) is 0 Å². The first-order chi connectivity index (χ1) is 7.66. The molecule has 84 valence electrons. The molecule has 2 rings (SSSR count). The first-order valence-corrected chi connectivity index (χ1v) is 5.16. The molecule has 1 heterocycles. The van der Waals surface area contributed by atoms with E-state index in [1.807, 2.05) is 13.0 Å². The van der Waals surface area contributed by atoms with Crippen LogP contribution in [0.1, 0.15) is 23.0 Å². The number of H-pyrrole nitrogens is 1. The molecule has 3 nitrogen and oxygen atoms in total. The van der Waals surface area contributed by atoms with Gasteiger partial charge in [-0.1, -0.05) is 12.1 Å². The van der Waals surface area contributed by atoms with Gasteiger partial charge in [-0.15, -0.1) is 0 Å². The monoisotopic (exact) mass is 219 g/mol. The Morgan fingerprint density at radius 1 is 1.50 bits per heavy atom. The van der Waals surface area contributed by atoms with Crippen molar-refractivity contribution in [3.63, 3.8) is 0 Å². The van der Waals surface area contributed by atoms with Gasteiger partial charge in [-0.25, -0.2) is 9.37 Å². The number of nitrogens with zero attached hydrogens (tertiary/aromatic N) is 1. The van der Waals surface area contributed by atoms with E-state index >= 15 is 0 Å². The number of aromatic amines is 1. The molecule has 4 heteroatoms. The second-order valence-electron chi connectivity index (χ2n) is 3.87. The number of hydrogen-bond acceptors (Lipinski definition) is 2. The van der Waals surface area contributed by atoms with Gasteiger partial charge in [0, 0.05) is 30.4 Å². The van der Waals surface area contributed by atoms with Crippen LogP contribution in [0.25, 0.3) is 0 Å². The molecular formula is C12H14FN3. The lowest BCUT2D eigenvalue weighted by Crippen LogP contribution is -2.15. The van der Waals surface area contributed by atoms with Crippen LogP contribution < -0.4 is 5.73 Å². The summed E-state index contributed by atoms with van der Waals surface area (Å²) in [4.78, 5) is 7.03. The van der Waals surface area contributed by atoms with Crippen LogP contribution in [0.5, 0.6) is 0 Å². The number of nitrogens with two attached hydrogens (primary N) is 1. The van der Waals surface area contributed by atoms with E-state index in [0.717, 1.165) is 11.4 Å². The molecule has 0 saturated heterocycles. The molecule has 0 bridgehead atoms. The molecule has 1 atom stereocenters. The van der Waals surface area contributed by atoms with Gasteiger partial charge < -0.3 is 10.7 Å². The van der Waals surface area contributed by atoms with Crippen LogP contribution in [0, 0.1) is 12.7 Å². The molecule has 0 aliphatic heterocycles. The van der Waals surface area contributed by atoms with Crippen molar-refractivity contribution in [2.45, 2.75) is 19.4 Å². The summed E-state index contributed by atoms with van der Waals surface area (Å²) in [5, 5.41) is 0. The fraction of sp³-hybridized carbons (Fsp3) is 0.250. The average molecular weight is 219 g/mol. The summed E-state index contributed by atoms with van der Waals surface area (Å²) in [7, 11) is 0. The van der Waals surface area contributed by atoms with E-state index in [0.29, 0.717) is 12.0 Å². The van der Waals surface area contributed by atoms with Crippen LogP contribution in [0.2, 0.25) is 0 Å². The van der Waals surface area contributed by atoms with Crippen LogP contribution in [-0.4, -0.2) is 9.97 Å². The van der Waals surface area contributed by atoms with E-state index in [2.05, 4.69) is 9.97 Å². The van der Waals surface area contributed by atoms with Crippen molar-refractivity contribution in [1.82, 2.24) is 9.97 Å². The first-order valence-electron chi connectivity index (χ1n) is 5.16. The van der Waals surface area contributed by atoms with Gasteiger partial charge >= 0.3 is 0 Å². The van der Waals surface area contributed by atoms with Crippen molar-refractivity contribution in [2.75, 3.05) is 0 Å². The highest BCUT2D eigenvalue weighted by molar-refractivity contribution is 5.26. The fourth-order valence-electron chi connectivity index (χ4n) is 1.66. The Balaban J connectivity index is 2.17. The van der Waals surface area contributed by atoms with E-state index in [1.54, 1.807) is 18.5 Å². The van der Waals surface area contributed by atoms with Crippen molar-refractivity contribution in [3.8, 4) is 0 Å². The van der Waals surface area contributed by atoms with E-state index in [4.69, 9.17) is 5.73 Å². The lowest BCUT2D eigenvalue weighted by molar-refractivity contribution is 0.575. The molecule has 1 unspecified atom stereocenters. The Kier molecular flexibility index (Phi) is 3.01. The van der Waals surface area contributed by atoms with Crippen molar-refractivity contribution in [1.29, 1.82) is 0 Å². The van der Waals surface area contributed by atoms with Gasteiger partial charge in [-0.05, 0) is 18.6 Å². The van der Waals surface area contributed by atoms with Crippen LogP contribution in [0.15, 0.2) is 30.6 Å². The molecule has 0 saturated carbocycles. The highest BCUT2D eigenvalue weighted by atomic mass is 19.1. The zero-order chi connectivity index (χ0) is 11.5. The number of nitrogens with one attached hydrogen (secondary N) is 1. The molecular weight excluding hydrogens is 205 g/mol. The summed E-state index contributed by atoms with van der Waals surface area (Å²) in [5.74, 6) is 0.520. The van der Waals surface area contributed by atoms with E-state index in [1.165, 1.54) is 6.07 Å². The van der Waals surface area contributed by atoms with Gasteiger partial charge in [-0.3, -0.25) is 0 Å². The molecule has 0 amide bonds. The van der Waals surface area contributed by atoms with Gasteiger partial charge in [0.2, 0.25) is 0 Å². The largest absolute Gasteiger partial charge is 0.349 e. The van der Waals surface area contributed by atoms with Gasteiger partial charge in [0.25, 0.3) is 0 Å². The zero-order valence-corrected chi connectivity index (χ0v) is 9.07. The smallest absolute Gasteiger partial charge is 0.128 e. The normalized spacial score (nSPS) is 12.7. The van der Waals surface area contributed by atoms with E-state index in [-0.39, 0.29) is 11.9 Å². The first kappa shape index (κ1) is 10.8. The number of aryl methyl sites for hydroxylation is 1. The van der Waals surface area contributed by atoms with Crippen molar-refractivity contribution >= 4 is 0 Å². The molecule has 0 fully saturated rings. The third kappa shape index (κ3) is 2.28. The van der Waals surface area contributed by atoms with Crippen molar-refractivity contribution in [3.05, 3.63) is 53.4 Å². The summed E-state index contributed by atoms with van der Waals surface area (Å²) in [5.41, 5.74) is 7.36. The molecule has 3 N–H and O–H groups in total. The zero-order valence-electron chi connectivity index (χ0n) is 9.07. The predicted octanol–water partition coefficient (Wildman–Crippen LogP) is 2.10. The number of aromatic nitrogens is 2. The van der Waals surface area contributed by atoms with Gasteiger partial charge in [0.15, 0.2) is 0 Å². The molecule has 1 aromatic carbocycles. The van der Waals surface area contributed by atoms with E-state index in [9.17, 15) is 4.39 Å². The summed E-state index contributed by atoms with van der Waals surface area (Å²) >= 11 is 0. The predicted molar refractivity (Wildman–Crippen MR) is 60.4 cm³/mol. The SMILES string of the molecule is Cc1ccc(C(N)Cc2ncc[nH]2)c(F)c1. The second-order valence-corrected chi connectivity index (χ2v) is 3.87. The topological polar surface area (TPSA) is 54.7 Å². The third-order valence-electron chi connectivity index (χ3n) is 2.52. The van der Waals surface area contributed by atoms with Gasteiger partial charge in [0.1, 0.15) is 11.6 Å². The molecule has 1 aromatic heterocycles. The lowest BCUT2D eigenvalue weighted by atomic mass is 10.0. The van der Waals surface area contributed by atoms with Crippen LogP contribution in [0.4, 0.5) is 4.39 Å². The molecule has 0 spiro atoms. The number of halogens is 1. The minimum Gasteiger partial charge on any atom is -0.349 e. The summed E-state index contributed by atoms with van der Waals surface area (Å²) in [6.07, 6.45) is 3.90. The van der Waals surface area contributed by atoms with Crippen LogP contribution >= 0.6 is 0 Å². The number of hydrogen-bond donors (Lipinski definition) is 2. The average Bonchev–Trinajstić information content (AvgIpc) is 2.70. The standard InChI is InChI=1S/C12H14FN3/c1-8-2-3-9(10(13)6-8)11(14)7-12-15-4-5-16-12/h2-6,11H,7,14H2,1H3,(H,15,16). The Morgan fingerprint density at radius 2 is 2.31 bits per heavy atom. The maximum atomic E-state index is 13.6. The molecule has 0 aliphatic carbocycles. The summed E-state index contributed by atoms with van der Waals surface area (Å²) < 4.78 is 13.6.